The Morgan fingerprint density at radius 3 is 3.00 bits per heavy atom. The molecule has 1 heterocycles. The fraction of sp³-hybridized carbons (Fsp3) is 1.00. The lowest BCUT2D eigenvalue weighted by Crippen LogP contribution is -2.44. The van der Waals surface area contributed by atoms with Crippen molar-refractivity contribution in [2.45, 2.75) is 12.0 Å². The fourth-order valence-electron chi connectivity index (χ4n) is 1.02. The van der Waals surface area contributed by atoms with E-state index >= 15 is 0 Å². The molecule has 2 N–H and O–H groups in total. The molecule has 3 nitrogen and oxygen atoms in total. The SMILES string of the molecule is COCC1(N)CCOC1. The van der Waals surface area contributed by atoms with E-state index in [4.69, 9.17) is 15.2 Å². The highest BCUT2D eigenvalue weighted by molar-refractivity contribution is 4.87. The molecule has 54 valence electrons. The molecule has 1 aliphatic rings. The van der Waals surface area contributed by atoms with Crippen molar-refractivity contribution in [3.8, 4) is 0 Å². The Kier molecular flexibility index (Phi) is 2.05. The summed E-state index contributed by atoms with van der Waals surface area (Å²) in [5.74, 6) is 0. The van der Waals surface area contributed by atoms with Gasteiger partial charge in [0.05, 0.1) is 18.8 Å². The molecular formula is C6H13NO2. The minimum Gasteiger partial charge on any atom is -0.383 e. The predicted octanol–water partition coefficient (Wildman–Crippen LogP) is -0.249. The van der Waals surface area contributed by atoms with Crippen LogP contribution in [0.25, 0.3) is 0 Å². The van der Waals surface area contributed by atoms with Crippen LogP contribution in [0.2, 0.25) is 0 Å². The summed E-state index contributed by atoms with van der Waals surface area (Å²) in [6, 6.07) is 0. The number of rotatable bonds is 2. The second-order valence-corrected chi connectivity index (χ2v) is 2.60. The molecule has 0 saturated carbocycles. The maximum Gasteiger partial charge on any atom is 0.0669 e. The third kappa shape index (κ3) is 1.64. The van der Waals surface area contributed by atoms with E-state index in [0.717, 1.165) is 13.0 Å². The first-order chi connectivity index (χ1) is 4.27. The normalized spacial score (nSPS) is 35.3. The molecule has 1 atom stereocenters. The standard InChI is InChI=1S/C6H13NO2/c1-8-4-6(7)2-3-9-5-6/h2-5,7H2,1H3. The van der Waals surface area contributed by atoms with Crippen LogP contribution in [0.15, 0.2) is 0 Å². The Morgan fingerprint density at radius 1 is 1.78 bits per heavy atom. The van der Waals surface area contributed by atoms with E-state index in [1.54, 1.807) is 7.11 Å². The van der Waals surface area contributed by atoms with Crippen molar-refractivity contribution in [2.24, 2.45) is 5.73 Å². The smallest absolute Gasteiger partial charge is 0.0669 e. The second kappa shape index (κ2) is 2.64. The summed E-state index contributed by atoms with van der Waals surface area (Å²) in [5, 5.41) is 0. The molecule has 1 rings (SSSR count). The number of hydrogen-bond donors (Lipinski definition) is 1. The highest BCUT2D eigenvalue weighted by Gasteiger charge is 2.29. The van der Waals surface area contributed by atoms with E-state index in [0.29, 0.717) is 13.2 Å². The quantitative estimate of drug-likeness (QED) is 0.562. The Bertz CT molecular complexity index is 89.1. The van der Waals surface area contributed by atoms with Gasteiger partial charge < -0.3 is 15.2 Å². The van der Waals surface area contributed by atoms with Gasteiger partial charge in [-0.1, -0.05) is 0 Å². The first kappa shape index (κ1) is 6.99. The van der Waals surface area contributed by atoms with Crippen molar-refractivity contribution in [2.75, 3.05) is 26.9 Å². The van der Waals surface area contributed by atoms with E-state index in [1.165, 1.54) is 0 Å². The molecule has 0 radical (unpaired) electrons. The van der Waals surface area contributed by atoms with E-state index in [9.17, 15) is 0 Å². The summed E-state index contributed by atoms with van der Waals surface area (Å²) in [4.78, 5) is 0. The molecule has 1 fully saturated rings. The summed E-state index contributed by atoms with van der Waals surface area (Å²) in [7, 11) is 1.66. The molecule has 0 aliphatic carbocycles. The summed E-state index contributed by atoms with van der Waals surface area (Å²) < 4.78 is 10.0. The minimum atomic E-state index is -0.200. The monoisotopic (exact) mass is 131 g/mol. The summed E-state index contributed by atoms with van der Waals surface area (Å²) >= 11 is 0. The minimum absolute atomic E-state index is 0.200. The van der Waals surface area contributed by atoms with Crippen molar-refractivity contribution in [3.63, 3.8) is 0 Å². The molecule has 9 heavy (non-hydrogen) atoms. The van der Waals surface area contributed by atoms with Crippen LogP contribution in [-0.4, -0.2) is 32.5 Å². The molecule has 0 aromatic carbocycles. The molecule has 1 saturated heterocycles. The van der Waals surface area contributed by atoms with E-state index < -0.39 is 0 Å². The zero-order valence-electron chi connectivity index (χ0n) is 5.72. The lowest BCUT2D eigenvalue weighted by molar-refractivity contribution is 0.111. The first-order valence-electron chi connectivity index (χ1n) is 3.12. The Balaban J connectivity index is 2.32. The average Bonchev–Trinajstić information content (AvgIpc) is 2.16. The van der Waals surface area contributed by atoms with Gasteiger partial charge in [-0.05, 0) is 6.42 Å². The van der Waals surface area contributed by atoms with Crippen molar-refractivity contribution < 1.29 is 9.47 Å². The number of methoxy groups -OCH3 is 1. The van der Waals surface area contributed by atoms with Crippen LogP contribution in [0.3, 0.4) is 0 Å². The largest absolute Gasteiger partial charge is 0.383 e. The van der Waals surface area contributed by atoms with Crippen LogP contribution in [0.4, 0.5) is 0 Å². The number of nitrogens with two attached hydrogens (primary N) is 1. The van der Waals surface area contributed by atoms with Crippen LogP contribution >= 0.6 is 0 Å². The molecule has 0 amide bonds. The van der Waals surface area contributed by atoms with Crippen molar-refractivity contribution in [3.05, 3.63) is 0 Å². The van der Waals surface area contributed by atoms with Gasteiger partial charge in [-0.25, -0.2) is 0 Å². The third-order valence-electron chi connectivity index (χ3n) is 1.57. The number of ether oxygens (including phenoxy) is 2. The van der Waals surface area contributed by atoms with Gasteiger partial charge in [-0.15, -0.1) is 0 Å². The predicted molar refractivity (Wildman–Crippen MR) is 34.2 cm³/mol. The highest BCUT2D eigenvalue weighted by atomic mass is 16.5. The van der Waals surface area contributed by atoms with Gasteiger partial charge in [-0.2, -0.15) is 0 Å². The molecule has 0 aromatic rings. The van der Waals surface area contributed by atoms with Gasteiger partial charge in [0.1, 0.15) is 0 Å². The number of hydrogen-bond acceptors (Lipinski definition) is 3. The average molecular weight is 131 g/mol. The van der Waals surface area contributed by atoms with Crippen LogP contribution in [0, 0.1) is 0 Å². The van der Waals surface area contributed by atoms with Gasteiger partial charge >= 0.3 is 0 Å². The molecular weight excluding hydrogens is 118 g/mol. The van der Waals surface area contributed by atoms with E-state index in [2.05, 4.69) is 0 Å². The maximum atomic E-state index is 5.82. The van der Waals surface area contributed by atoms with Gasteiger partial charge in [0, 0.05) is 13.7 Å². The van der Waals surface area contributed by atoms with Gasteiger partial charge in [-0.3, -0.25) is 0 Å². The zero-order valence-corrected chi connectivity index (χ0v) is 5.72. The topological polar surface area (TPSA) is 44.5 Å². The van der Waals surface area contributed by atoms with Gasteiger partial charge in [0.2, 0.25) is 0 Å². The molecule has 1 aliphatic heterocycles. The summed E-state index contributed by atoms with van der Waals surface area (Å²) in [6.45, 7) is 2.02. The van der Waals surface area contributed by atoms with E-state index in [1.807, 2.05) is 0 Å². The van der Waals surface area contributed by atoms with Crippen LogP contribution in [0.1, 0.15) is 6.42 Å². The van der Waals surface area contributed by atoms with Crippen LogP contribution in [-0.2, 0) is 9.47 Å². The first-order valence-corrected chi connectivity index (χ1v) is 3.12. The van der Waals surface area contributed by atoms with Crippen LogP contribution in [0.5, 0.6) is 0 Å². The van der Waals surface area contributed by atoms with Crippen LogP contribution < -0.4 is 5.73 Å². The Labute approximate surface area is 55.1 Å². The molecule has 0 aromatic heterocycles. The maximum absolute atomic E-state index is 5.82. The molecule has 0 spiro atoms. The fourth-order valence-corrected chi connectivity index (χ4v) is 1.02. The molecule has 0 bridgehead atoms. The van der Waals surface area contributed by atoms with Gasteiger partial charge in [0.15, 0.2) is 0 Å². The lowest BCUT2D eigenvalue weighted by atomic mass is 10.0. The highest BCUT2D eigenvalue weighted by Crippen LogP contribution is 2.14. The lowest BCUT2D eigenvalue weighted by Gasteiger charge is -2.19. The zero-order chi connectivity index (χ0) is 6.74. The van der Waals surface area contributed by atoms with Gasteiger partial charge in [0.25, 0.3) is 0 Å². The molecule has 3 heteroatoms. The van der Waals surface area contributed by atoms with E-state index in [-0.39, 0.29) is 5.54 Å². The summed E-state index contributed by atoms with van der Waals surface area (Å²) in [5.41, 5.74) is 5.62. The van der Waals surface area contributed by atoms with Crippen molar-refractivity contribution in [1.29, 1.82) is 0 Å². The van der Waals surface area contributed by atoms with Crippen molar-refractivity contribution >= 4 is 0 Å². The third-order valence-corrected chi connectivity index (χ3v) is 1.57. The Morgan fingerprint density at radius 2 is 2.56 bits per heavy atom. The summed E-state index contributed by atoms with van der Waals surface area (Å²) in [6.07, 6.45) is 0.918. The second-order valence-electron chi connectivity index (χ2n) is 2.60. The Hall–Kier alpha value is -0.120. The molecule has 1 unspecified atom stereocenters. The van der Waals surface area contributed by atoms with Crippen molar-refractivity contribution in [1.82, 2.24) is 0 Å².